The van der Waals surface area contributed by atoms with E-state index in [-0.39, 0.29) is 5.56 Å². The molecule has 1 aromatic heterocycles. The monoisotopic (exact) mass is 224 g/mol. The Bertz CT molecular complexity index is 415. The van der Waals surface area contributed by atoms with Crippen molar-refractivity contribution in [2.75, 3.05) is 11.5 Å². The van der Waals surface area contributed by atoms with E-state index in [2.05, 4.69) is 5.10 Å². The highest BCUT2D eigenvalue weighted by Gasteiger charge is 2.24. The van der Waals surface area contributed by atoms with E-state index in [1.165, 1.54) is 17.2 Å². The number of nitrogens with zero attached hydrogens (tertiary/aromatic N) is 1. The van der Waals surface area contributed by atoms with Crippen LogP contribution in [0.2, 0.25) is 0 Å². The maximum atomic E-state index is 12.1. The Morgan fingerprint density at radius 2 is 2.07 bits per heavy atom. The molecular weight excluding hydrogens is 208 g/mol. The van der Waals surface area contributed by atoms with E-state index >= 15 is 0 Å². The zero-order valence-electron chi connectivity index (χ0n) is 8.79. The first-order valence-electron chi connectivity index (χ1n) is 5.76. The van der Waals surface area contributed by atoms with Gasteiger partial charge in [0.05, 0.1) is 6.04 Å². The molecule has 0 saturated carbocycles. The fourth-order valence-electron chi connectivity index (χ4n) is 2.65. The van der Waals surface area contributed by atoms with Gasteiger partial charge in [0.2, 0.25) is 0 Å². The zero-order valence-corrected chi connectivity index (χ0v) is 9.61. The summed E-state index contributed by atoms with van der Waals surface area (Å²) in [6.07, 6.45) is 5.49. The predicted molar refractivity (Wildman–Crippen MR) is 62.7 cm³/mol. The topological polar surface area (TPSA) is 37.8 Å². The number of thioether (sulfide) groups is 1. The number of aryl methyl sites for hydroxylation is 1. The first-order valence-corrected chi connectivity index (χ1v) is 6.92. The number of rotatable bonds is 1. The fourth-order valence-corrected chi connectivity index (χ4v) is 3.73. The van der Waals surface area contributed by atoms with Crippen molar-refractivity contribution in [1.82, 2.24) is 9.78 Å². The van der Waals surface area contributed by atoms with Crippen molar-refractivity contribution >= 4 is 11.8 Å². The van der Waals surface area contributed by atoms with E-state index in [0.29, 0.717) is 6.04 Å². The molecule has 15 heavy (non-hydrogen) atoms. The Morgan fingerprint density at radius 3 is 2.80 bits per heavy atom. The quantitative estimate of drug-likeness (QED) is 0.789. The number of hydrogen-bond donors (Lipinski definition) is 1. The molecule has 0 radical (unpaired) electrons. The van der Waals surface area contributed by atoms with Gasteiger partial charge < -0.3 is 0 Å². The molecule has 4 heteroatoms. The second-order valence-corrected chi connectivity index (χ2v) is 5.67. The van der Waals surface area contributed by atoms with E-state index in [9.17, 15) is 4.79 Å². The van der Waals surface area contributed by atoms with Crippen molar-refractivity contribution in [3.8, 4) is 0 Å². The lowest BCUT2D eigenvalue weighted by molar-refractivity contribution is 0.412. The van der Waals surface area contributed by atoms with Crippen LogP contribution in [-0.2, 0) is 12.8 Å². The maximum Gasteiger partial charge on any atom is 0.270 e. The smallest absolute Gasteiger partial charge is 0.270 e. The summed E-state index contributed by atoms with van der Waals surface area (Å²) in [5.41, 5.74) is 2.53. The van der Waals surface area contributed by atoms with Crippen LogP contribution in [0.25, 0.3) is 0 Å². The predicted octanol–water partition coefficient (Wildman–Crippen LogP) is 1.73. The van der Waals surface area contributed by atoms with Gasteiger partial charge in [-0.2, -0.15) is 11.8 Å². The lowest BCUT2D eigenvalue weighted by atomic mass is 10.1. The van der Waals surface area contributed by atoms with Gasteiger partial charge in [0.15, 0.2) is 0 Å². The van der Waals surface area contributed by atoms with E-state index in [1.54, 1.807) is 0 Å². The average molecular weight is 224 g/mol. The number of fused-ring (bicyclic) bond motifs is 1. The Hall–Kier alpha value is -0.640. The summed E-state index contributed by atoms with van der Waals surface area (Å²) < 4.78 is 1.91. The van der Waals surface area contributed by atoms with Crippen molar-refractivity contribution in [1.29, 1.82) is 0 Å². The Balaban J connectivity index is 1.95. The highest BCUT2D eigenvalue weighted by Crippen LogP contribution is 2.27. The van der Waals surface area contributed by atoms with Crippen LogP contribution in [0.5, 0.6) is 0 Å². The third-order valence-corrected chi connectivity index (χ3v) is 4.55. The van der Waals surface area contributed by atoms with Crippen LogP contribution in [-0.4, -0.2) is 21.3 Å². The number of aromatic nitrogens is 2. The minimum atomic E-state index is 0.263. The van der Waals surface area contributed by atoms with Crippen LogP contribution in [0.4, 0.5) is 0 Å². The van der Waals surface area contributed by atoms with E-state index in [4.69, 9.17) is 0 Å². The summed E-state index contributed by atoms with van der Waals surface area (Å²) in [4.78, 5) is 12.1. The molecule has 1 fully saturated rings. The average Bonchev–Trinajstić information content (AvgIpc) is 2.83. The maximum absolute atomic E-state index is 12.1. The molecule has 1 aromatic rings. The second-order valence-electron chi connectivity index (χ2n) is 4.44. The number of hydrogen-bond acceptors (Lipinski definition) is 2. The molecule has 0 bridgehead atoms. The van der Waals surface area contributed by atoms with Crippen molar-refractivity contribution in [3.63, 3.8) is 0 Å². The van der Waals surface area contributed by atoms with Gasteiger partial charge in [-0.1, -0.05) is 0 Å². The SMILES string of the molecule is O=c1c2c([nH]n1C1CCSCC1)CCC2. The highest BCUT2D eigenvalue weighted by molar-refractivity contribution is 7.99. The van der Waals surface area contributed by atoms with Gasteiger partial charge in [0.1, 0.15) is 0 Å². The van der Waals surface area contributed by atoms with Gasteiger partial charge in [-0.15, -0.1) is 0 Å². The van der Waals surface area contributed by atoms with Crippen LogP contribution >= 0.6 is 11.8 Å². The lowest BCUT2D eigenvalue weighted by Gasteiger charge is -2.21. The van der Waals surface area contributed by atoms with Crippen LogP contribution in [0.1, 0.15) is 36.6 Å². The third-order valence-electron chi connectivity index (χ3n) is 3.51. The molecule has 1 N–H and O–H groups in total. The van der Waals surface area contributed by atoms with Crippen molar-refractivity contribution in [3.05, 3.63) is 21.6 Å². The standard InChI is InChI=1S/C11H16N2OS/c14-11-9-2-1-3-10(9)12-13(11)8-4-6-15-7-5-8/h8,12H,1-7H2. The van der Waals surface area contributed by atoms with Crippen molar-refractivity contribution < 1.29 is 0 Å². The van der Waals surface area contributed by atoms with Gasteiger partial charge in [-0.25, -0.2) is 4.68 Å². The normalized spacial score (nSPS) is 21.9. The summed E-state index contributed by atoms with van der Waals surface area (Å²) in [7, 11) is 0. The van der Waals surface area contributed by atoms with Gasteiger partial charge in [-0.05, 0) is 43.6 Å². The second kappa shape index (κ2) is 3.74. The van der Waals surface area contributed by atoms with Gasteiger partial charge >= 0.3 is 0 Å². The summed E-state index contributed by atoms with van der Waals surface area (Å²) >= 11 is 2.00. The Morgan fingerprint density at radius 1 is 1.27 bits per heavy atom. The van der Waals surface area contributed by atoms with E-state index in [0.717, 1.165) is 37.7 Å². The minimum absolute atomic E-state index is 0.263. The van der Waals surface area contributed by atoms with Crippen LogP contribution in [0.15, 0.2) is 4.79 Å². The number of H-pyrrole nitrogens is 1. The highest BCUT2D eigenvalue weighted by atomic mass is 32.2. The molecule has 3 nitrogen and oxygen atoms in total. The molecule has 2 aliphatic rings. The molecule has 0 atom stereocenters. The minimum Gasteiger partial charge on any atom is -0.299 e. The van der Waals surface area contributed by atoms with E-state index < -0.39 is 0 Å². The molecule has 1 aliphatic carbocycles. The summed E-state index contributed by atoms with van der Waals surface area (Å²) in [6, 6.07) is 0.435. The Labute approximate surface area is 93.2 Å². The summed E-state index contributed by atoms with van der Waals surface area (Å²) in [5, 5.41) is 3.33. The molecule has 0 aromatic carbocycles. The molecule has 2 heterocycles. The third kappa shape index (κ3) is 1.55. The van der Waals surface area contributed by atoms with E-state index in [1.807, 2.05) is 16.4 Å². The largest absolute Gasteiger partial charge is 0.299 e. The first kappa shape index (κ1) is 9.58. The molecule has 0 unspecified atom stereocenters. The summed E-state index contributed by atoms with van der Waals surface area (Å²) in [5.74, 6) is 2.39. The molecule has 0 spiro atoms. The van der Waals surface area contributed by atoms with Crippen LogP contribution < -0.4 is 5.56 Å². The number of aromatic amines is 1. The molecule has 1 saturated heterocycles. The Kier molecular flexibility index (Phi) is 2.39. The molecule has 82 valence electrons. The van der Waals surface area contributed by atoms with Crippen LogP contribution in [0, 0.1) is 0 Å². The van der Waals surface area contributed by atoms with Crippen molar-refractivity contribution in [2.45, 2.75) is 38.1 Å². The van der Waals surface area contributed by atoms with Crippen molar-refractivity contribution in [2.24, 2.45) is 0 Å². The fraction of sp³-hybridized carbons (Fsp3) is 0.727. The molecular formula is C11H16N2OS. The zero-order chi connectivity index (χ0) is 10.3. The van der Waals surface area contributed by atoms with Crippen LogP contribution in [0.3, 0.4) is 0 Å². The lowest BCUT2D eigenvalue weighted by Crippen LogP contribution is -2.26. The van der Waals surface area contributed by atoms with Gasteiger partial charge in [0.25, 0.3) is 5.56 Å². The molecule has 3 rings (SSSR count). The first-order chi connectivity index (χ1) is 7.36. The summed E-state index contributed by atoms with van der Waals surface area (Å²) in [6.45, 7) is 0. The molecule has 0 amide bonds. The van der Waals surface area contributed by atoms with Gasteiger partial charge in [-0.3, -0.25) is 9.89 Å². The number of nitrogens with one attached hydrogen (secondary N) is 1. The molecule has 1 aliphatic heterocycles. The van der Waals surface area contributed by atoms with Gasteiger partial charge in [0, 0.05) is 11.3 Å².